The van der Waals surface area contributed by atoms with Crippen LogP contribution in [-0.2, 0) is 9.47 Å². The molecule has 0 aliphatic rings. The summed E-state index contributed by atoms with van der Waals surface area (Å²) in [4.78, 5) is 20.5. The van der Waals surface area contributed by atoms with E-state index < -0.39 is 21.2 Å². The summed E-state index contributed by atoms with van der Waals surface area (Å²) in [7, 11) is 2.90. The molecule has 0 aromatic heterocycles. The minimum absolute atomic E-state index is 0.0622. The van der Waals surface area contributed by atoms with Gasteiger partial charge in [0.1, 0.15) is 19.3 Å². The molecule has 22 heavy (non-hydrogen) atoms. The fourth-order valence-corrected chi connectivity index (χ4v) is 1.53. The fraction of sp³-hybridized carbons (Fsp3) is 0.500. The highest BCUT2D eigenvalue weighted by Crippen LogP contribution is 2.39. The van der Waals surface area contributed by atoms with Crippen molar-refractivity contribution >= 4 is 11.4 Å². The number of nitro benzene ring substituents is 2. The topological polar surface area (TPSA) is 123 Å². The molecule has 10 heteroatoms. The molecule has 1 rings (SSSR count). The van der Waals surface area contributed by atoms with E-state index in [2.05, 4.69) is 0 Å². The summed E-state index contributed by atoms with van der Waals surface area (Å²) in [6.07, 6.45) is 0. The lowest BCUT2D eigenvalue weighted by Crippen LogP contribution is -2.09. The third kappa shape index (κ3) is 4.82. The minimum Gasteiger partial charge on any atom is -0.484 e. The number of nitrogens with zero attached hydrogens (tertiary/aromatic N) is 2. The lowest BCUT2D eigenvalue weighted by atomic mass is 10.2. The summed E-state index contributed by atoms with van der Waals surface area (Å²) in [5, 5.41) is 22.0. The van der Waals surface area contributed by atoms with E-state index in [0.29, 0.717) is 0 Å². The van der Waals surface area contributed by atoms with Gasteiger partial charge in [-0.3, -0.25) is 20.2 Å². The van der Waals surface area contributed by atoms with Crippen LogP contribution in [0.15, 0.2) is 12.1 Å². The van der Waals surface area contributed by atoms with Gasteiger partial charge in [0.05, 0.1) is 23.1 Å². The van der Waals surface area contributed by atoms with Crippen molar-refractivity contribution in [1.82, 2.24) is 0 Å². The maximum Gasteiger partial charge on any atom is 0.318 e. The lowest BCUT2D eigenvalue weighted by Gasteiger charge is -2.10. The quantitative estimate of drug-likeness (QED) is 0.362. The molecule has 10 nitrogen and oxygen atoms in total. The molecule has 0 heterocycles. The van der Waals surface area contributed by atoms with Crippen LogP contribution in [-0.4, -0.2) is 50.5 Å². The smallest absolute Gasteiger partial charge is 0.318 e. The van der Waals surface area contributed by atoms with Gasteiger partial charge >= 0.3 is 11.4 Å². The summed E-state index contributed by atoms with van der Waals surface area (Å²) in [5.41, 5.74) is -1.02. The summed E-state index contributed by atoms with van der Waals surface area (Å²) < 4.78 is 20.0. The van der Waals surface area contributed by atoms with Crippen LogP contribution in [0.25, 0.3) is 0 Å². The number of hydrogen-bond acceptors (Lipinski definition) is 8. The van der Waals surface area contributed by atoms with Crippen LogP contribution in [0.4, 0.5) is 11.4 Å². The Hall–Kier alpha value is -2.46. The normalized spacial score (nSPS) is 10.3. The van der Waals surface area contributed by atoms with Gasteiger partial charge in [-0.15, -0.1) is 0 Å². The molecule has 0 spiro atoms. The van der Waals surface area contributed by atoms with E-state index in [-0.39, 0.29) is 37.9 Å². The zero-order valence-corrected chi connectivity index (χ0v) is 12.1. The van der Waals surface area contributed by atoms with E-state index in [1.54, 1.807) is 0 Å². The van der Waals surface area contributed by atoms with Crippen molar-refractivity contribution in [2.24, 2.45) is 0 Å². The maximum absolute atomic E-state index is 11.0. The first kappa shape index (κ1) is 17.6. The van der Waals surface area contributed by atoms with Crippen LogP contribution >= 0.6 is 0 Å². The van der Waals surface area contributed by atoms with Crippen molar-refractivity contribution in [3.05, 3.63) is 32.4 Å². The molecular weight excluding hydrogens is 300 g/mol. The van der Waals surface area contributed by atoms with Gasteiger partial charge in [-0.1, -0.05) is 0 Å². The van der Waals surface area contributed by atoms with E-state index >= 15 is 0 Å². The first-order chi connectivity index (χ1) is 10.5. The molecule has 0 amide bonds. The summed E-state index contributed by atoms with van der Waals surface area (Å²) >= 11 is 0. The molecule has 0 saturated heterocycles. The van der Waals surface area contributed by atoms with Crippen molar-refractivity contribution in [3.8, 4) is 11.5 Å². The number of benzene rings is 1. The van der Waals surface area contributed by atoms with Crippen LogP contribution in [0, 0.1) is 20.2 Å². The highest BCUT2D eigenvalue weighted by molar-refractivity contribution is 5.61. The molecule has 0 fully saturated rings. The monoisotopic (exact) mass is 316 g/mol. The molecule has 122 valence electrons. The first-order valence-corrected chi connectivity index (χ1v) is 6.21. The van der Waals surface area contributed by atoms with Crippen molar-refractivity contribution in [1.29, 1.82) is 0 Å². The van der Waals surface area contributed by atoms with E-state index in [4.69, 9.17) is 18.9 Å². The van der Waals surface area contributed by atoms with Crippen LogP contribution in [0.5, 0.6) is 11.5 Å². The Bertz CT molecular complexity index is 491. The Kier molecular flexibility index (Phi) is 6.99. The molecule has 1 aromatic carbocycles. The fourth-order valence-electron chi connectivity index (χ4n) is 1.53. The van der Waals surface area contributed by atoms with E-state index in [9.17, 15) is 20.2 Å². The van der Waals surface area contributed by atoms with Crippen LogP contribution in [0.3, 0.4) is 0 Å². The number of methoxy groups -OCH3 is 2. The number of rotatable bonds is 10. The van der Waals surface area contributed by atoms with Gasteiger partial charge in [-0.25, -0.2) is 0 Å². The van der Waals surface area contributed by atoms with Crippen LogP contribution in [0.1, 0.15) is 0 Å². The second-order valence-electron chi connectivity index (χ2n) is 3.98. The van der Waals surface area contributed by atoms with Crippen LogP contribution < -0.4 is 9.47 Å². The largest absolute Gasteiger partial charge is 0.484 e. The molecule has 0 aliphatic carbocycles. The first-order valence-electron chi connectivity index (χ1n) is 6.21. The van der Waals surface area contributed by atoms with Gasteiger partial charge in [-0.2, -0.15) is 0 Å². The van der Waals surface area contributed by atoms with Gasteiger partial charge < -0.3 is 18.9 Å². The minimum atomic E-state index is -0.756. The Morgan fingerprint density at radius 3 is 1.55 bits per heavy atom. The highest BCUT2D eigenvalue weighted by Gasteiger charge is 2.26. The summed E-state index contributed by atoms with van der Waals surface area (Å²) in [6, 6.07) is 1.94. The van der Waals surface area contributed by atoms with Gasteiger partial charge in [0.2, 0.25) is 11.5 Å². The molecule has 0 saturated carbocycles. The van der Waals surface area contributed by atoms with E-state index in [1.165, 1.54) is 14.2 Å². The second-order valence-corrected chi connectivity index (χ2v) is 3.98. The molecular formula is C12H16N2O8. The van der Waals surface area contributed by atoms with Crippen molar-refractivity contribution in [2.45, 2.75) is 0 Å². The zero-order valence-electron chi connectivity index (χ0n) is 12.1. The van der Waals surface area contributed by atoms with E-state index in [1.807, 2.05) is 0 Å². The van der Waals surface area contributed by atoms with Gasteiger partial charge in [-0.05, 0) is 0 Å². The van der Waals surface area contributed by atoms with Crippen molar-refractivity contribution in [3.63, 3.8) is 0 Å². The second kappa shape index (κ2) is 8.74. The van der Waals surface area contributed by atoms with Crippen LogP contribution in [0.2, 0.25) is 0 Å². The SMILES string of the molecule is COCCOc1cc(OCCOC)c([N+](=O)[O-])cc1[N+](=O)[O-]. The molecule has 0 bridgehead atoms. The Balaban J connectivity index is 3.13. The lowest BCUT2D eigenvalue weighted by molar-refractivity contribution is -0.395. The molecule has 0 atom stereocenters. The van der Waals surface area contributed by atoms with E-state index in [0.717, 1.165) is 12.1 Å². The van der Waals surface area contributed by atoms with Gasteiger partial charge in [0, 0.05) is 20.3 Å². The predicted octanol–water partition coefficient (Wildman–Crippen LogP) is 1.55. The maximum atomic E-state index is 11.0. The van der Waals surface area contributed by atoms with Gasteiger partial charge in [0.15, 0.2) is 0 Å². The third-order valence-electron chi connectivity index (χ3n) is 2.52. The molecule has 0 radical (unpaired) electrons. The zero-order chi connectivity index (χ0) is 16.5. The summed E-state index contributed by atoms with van der Waals surface area (Å²) in [6.45, 7) is 0.557. The predicted molar refractivity (Wildman–Crippen MR) is 74.5 cm³/mol. The standard InChI is InChI=1S/C12H16N2O8/c1-19-3-5-21-11-8-12(22-6-4-20-2)10(14(17)18)7-9(11)13(15)16/h7-8H,3-6H2,1-2H3. The highest BCUT2D eigenvalue weighted by atomic mass is 16.6. The average Bonchev–Trinajstić information content (AvgIpc) is 2.47. The van der Waals surface area contributed by atoms with Crippen molar-refractivity contribution < 1.29 is 28.8 Å². The van der Waals surface area contributed by atoms with Crippen molar-refractivity contribution in [2.75, 3.05) is 40.6 Å². The molecule has 0 N–H and O–H groups in total. The molecule has 1 aromatic rings. The Morgan fingerprint density at radius 2 is 1.23 bits per heavy atom. The number of nitro groups is 2. The number of hydrogen-bond donors (Lipinski definition) is 0. The summed E-state index contributed by atoms with van der Waals surface area (Å²) in [5.74, 6) is -0.250. The van der Waals surface area contributed by atoms with Gasteiger partial charge in [0.25, 0.3) is 0 Å². The average molecular weight is 316 g/mol. The number of ether oxygens (including phenoxy) is 4. The Labute approximate surface area is 125 Å². The molecule has 0 unspecified atom stereocenters. The molecule has 0 aliphatic heterocycles. The Morgan fingerprint density at radius 1 is 0.818 bits per heavy atom. The third-order valence-corrected chi connectivity index (χ3v) is 2.52.